The number of rotatable bonds is 0. The maximum atomic E-state index is 12.4. The number of urea groups is 1. The Morgan fingerprint density at radius 3 is 2.55 bits per heavy atom. The number of hydrogen-bond acceptors (Lipinski definition) is 3. The number of nitrogens with one attached hydrogen (secondary N) is 2. The Bertz CT molecular complexity index is 619. The van der Waals surface area contributed by atoms with Crippen LogP contribution in [0.1, 0.15) is 28.8 Å². The zero-order valence-electron chi connectivity index (χ0n) is 13.3. The van der Waals surface area contributed by atoms with Crippen LogP contribution in [0.3, 0.4) is 0 Å². The quantitative estimate of drug-likeness (QED) is 0.765. The summed E-state index contributed by atoms with van der Waals surface area (Å²) in [5.41, 5.74) is 2.23. The Morgan fingerprint density at radius 2 is 1.91 bits per heavy atom. The molecular formula is C16H22N4O2. The van der Waals surface area contributed by atoms with Crippen LogP contribution in [0, 0.1) is 6.92 Å². The van der Waals surface area contributed by atoms with Crippen molar-refractivity contribution in [1.29, 1.82) is 0 Å². The molecule has 1 aromatic rings. The normalized spacial score (nSPS) is 19.2. The topological polar surface area (TPSA) is 64.7 Å². The van der Waals surface area contributed by atoms with E-state index in [9.17, 15) is 9.59 Å². The van der Waals surface area contributed by atoms with E-state index in [1.165, 1.54) is 0 Å². The Labute approximate surface area is 130 Å². The first-order valence-corrected chi connectivity index (χ1v) is 7.58. The third-order valence-electron chi connectivity index (χ3n) is 4.50. The molecule has 2 aliphatic heterocycles. The average Bonchev–Trinajstić information content (AvgIpc) is 2.48. The van der Waals surface area contributed by atoms with Crippen molar-refractivity contribution < 1.29 is 9.59 Å². The second-order valence-electron chi connectivity index (χ2n) is 6.32. The van der Waals surface area contributed by atoms with Crippen LogP contribution >= 0.6 is 0 Å². The van der Waals surface area contributed by atoms with Crippen LogP contribution in [0.25, 0.3) is 0 Å². The van der Waals surface area contributed by atoms with Crippen molar-refractivity contribution in [1.82, 2.24) is 15.1 Å². The molecule has 2 heterocycles. The predicted octanol–water partition coefficient (Wildman–Crippen LogP) is 1.62. The van der Waals surface area contributed by atoms with E-state index in [2.05, 4.69) is 10.6 Å². The van der Waals surface area contributed by atoms with Crippen molar-refractivity contribution >= 4 is 17.6 Å². The summed E-state index contributed by atoms with van der Waals surface area (Å²) in [6.45, 7) is 3.26. The Hall–Kier alpha value is -2.24. The van der Waals surface area contributed by atoms with Gasteiger partial charge in [-0.05, 0) is 18.6 Å². The number of carbonyl (C=O) groups is 2. The van der Waals surface area contributed by atoms with Crippen LogP contribution in [0.2, 0.25) is 0 Å². The van der Waals surface area contributed by atoms with Crippen molar-refractivity contribution in [3.63, 3.8) is 0 Å². The minimum atomic E-state index is -0.445. The van der Waals surface area contributed by atoms with Crippen molar-refractivity contribution in [3.8, 4) is 0 Å². The monoisotopic (exact) mass is 302 g/mol. The molecule has 1 fully saturated rings. The van der Waals surface area contributed by atoms with Gasteiger partial charge in [-0.15, -0.1) is 0 Å². The number of anilines is 1. The second kappa shape index (κ2) is 5.19. The number of aryl methyl sites for hydroxylation is 1. The lowest BCUT2D eigenvalue weighted by Crippen LogP contribution is -2.63. The van der Waals surface area contributed by atoms with Crippen LogP contribution in [-0.4, -0.2) is 54.6 Å². The Morgan fingerprint density at radius 1 is 1.23 bits per heavy atom. The van der Waals surface area contributed by atoms with Crippen molar-refractivity contribution in [2.45, 2.75) is 25.4 Å². The number of likely N-dealkylation sites (tertiary alicyclic amines) is 1. The van der Waals surface area contributed by atoms with E-state index in [0.717, 1.165) is 11.3 Å². The summed E-state index contributed by atoms with van der Waals surface area (Å²) in [5.74, 6) is -0.0372. The largest absolute Gasteiger partial charge is 0.362 e. The molecule has 2 aliphatic rings. The zero-order chi connectivity index (χ0) is 15.9. The van der Waals surface area contributed by atoms with Crippen LogP contribution < -0.4 is 10.6 Å². The van der Waals surface area contributed by atoms with E-state index in [0.29, 0.717) is 31.5 Å². The number of piperidine rings is 1. The first kappa shape index (κ1) is 14.7. The minimum Gasteiger partial charge on any atom is -0.362 e. The van der Waals surface area contributed by atoms with Gasteiger partial charge >= 0.3 is 6.03 Å². The lowest BCUT2D eigenvalue weighted by molar-refractivity contribution is 0.0837. The van der Waals surface area contributed by atoms with E-state index in [-0.39, 0.29) is 11.9 Å². The average molecular weight is 302 g/mol. The van der Waals surface area contributed by atoms with Crippen LogP contribution in [-0.2, 0) is 0 Å². The number of carbonyl (C=O) groups excluding carboxylic acids is 2. The molecule has 118 valence electrons. The van der Waals surface area contributed by atoms with Crippen LogP contribution in [0.4, 0.5) is 10.5 Å². The lowest BCUT2D eigenvalue weighted by Gasteiger charge is -2.46. The lowest BCUT2D eigenvalue weighted by atomic mass is 9.91. The maximum Gasteiger partial charge on any atom is 0.319 e. The summed E-state index contributed by atoms with van der Waals surface area (Å²) in [7, 11) is 3.51. The molecule has 1 spiro atoms. The molecule has 3 amide bonds. The van der Waals surface area contributed by atoms with Crippen molar-refractivity contribution in [2.24, 2.45) is 0 Å². The van der Waals surface area contributed by atoms with Gasteiger partial charge in [0.1, 0.15) is 5.66 Å². The van der Waals surface area contributed by atoms with E-state index < -0.39 is 5.66 Å². The van der Waals surface area contributed by atoms with Gasteiger partial charge in [0.15, 0.2) is 0 Å². The first-order chi connectivity index (χ1) is 10.4. The van der Waals surface area contributed by atoms with Gasteiger partial charge < -0.3 is 20.4 Å². The number of para-hydroxylation sites is 1. The van der Waals surface area contributed by atoms with Gasteiger partial charge in [-0.2, -0.15) is 0 Å². The highest BCUT2D eigenvalue weighted by Crippen LogP contribution is 2.33. The Balaban J connectivity index is 1.79. The Kier molecular flexibility index (Phi) is 3.47. The molecule has 1 saturated heterocycles. The number of amides is 3. The first-order valence-electron chi connectivity index (χ1n) is 7.58. The zero-order valence-corrected chi connectivity index (χ0v) is 13.3. The van der Waals surface area contributed by atoms with Crippen molar-refractivity contribution in [3.05, 3.63) is 29.3 Å². The van der Waals surface area contributed by atoms with E-state index >= 15 is 0 Å². The third kappa shape index (κ3) is 2.38. The van der Waals surface area contributed by atoms with Gasteiger partial charge in [-0.25, -0.2) is 4.79 Å². The minimum absolute atomic E-state index is 0.0218. The van der Waals surface area contributed by atoms with Gasteiger partial charge in [-0.3, -0.25) is 4.79 Å². The molecule has 0 unspecified atom stereocenters. The number of fused-ring (bicyclic) bond motifs is 1. The molecule has 2 N–H and O–H groups in total. The smallest absolute Gasteiger partial charge is 0.319 e. The third-order valence-corrected chi connectivity index (χ3v) is 4.50. The summed E-state index contributed by atoms with van der Waals surface area (Å²) in [6.07, 6.45) is 1.40. The van der Waals surface area contributed by atoms with Crippen LogP contribution in [0.5, 0.6) is 0 Å². The molecule has 0 aromatic heterocycles. The fraction of sp³-hybridized carbons (Fsp3) is 0.500. The summed E-state index contributed by atoms with van der Waals surface area (Å²) in [5, 5.41) is 6.62. The molecule has 0 bridgehead atoms. The van der Waals surface area contributed by atoms with Gasteiger partial charge in [0, 0.05) is 40.0 Å². The van der Waals surface area contributed by atoms with Gasteiger partial charge in [0.25, 0.3) is 5.91 Å². The number of benzene rings is 1. The standard InChI is InChI=1S/C16H22N4O2/c1-11-5-4-6-12-13(11)17-16(18-14(12)21)7-9-20(10-8-16)15(22)19(2)3/h4-6,17H,7-10H2,1-3H3,(H,18,21). The molecule has 6 heteroatoms. The molecular weight excluding hydrogens is 280 g/mol. The fourth-order valence-corrected chi connectivity index (χ4v) is 3.19. The molecule has 0 atom stereocenters. The summed E-state index contributed by atoms with van der Waals surface area (Å²) >= 11 is 0. The highest BCUT2D eigenvalue weighted by atomic mass is 16.2. The molecule has 1 aromatic carbocycles. The van der Waals surface area contributed by atoms with Crippen molar-refractivity contribution in [2.75, 3.05) is 32.5 Å². The van der Waals surface area contributed by atoms with E-state index in [1.54, 1.807) is 19.0 Å². The van der Waals surface area contributed by atoms with Gasteiger partial charge in [-0.1, -0.05) is 12.1 Å². The summed E-state index contributed by atoms with van der Waals surface area (Å²) in [4.78, 5) is 27.8. The van der Waals surface area contributed by atoms with E-state index in [1.807, 2.05) is 30.0 Å². The molecule has 3 rings (SSSR count). The molecule has 0 saturated carbocycles. The second-order valence-corrected chi connectivity index (χ2v) is 6.32. The molecule has 0 radical (unpaired) electrons. The van der Waals surface area contributed by atoms with E-state index in [4.69, 9.17) is 0 Å². The number of hydrogen-bond donors (Lipinski definition) is 2. The molecule has 6 nitrogen and oxygen atoms in total. The fourth-order valence-electron chi connectivity index (χ4n) is 3.19. The maximum absolute atomic E-state index is 12.4. The summed E-state index contributed by atoms with van der Waals surface area (Å²) < 4.78 is 0. The predicted molar refractivity (Wildman–Crippen MR) is 84.9 cm³/mol. The molecule has 22 heavy (non-hydrogen) atoms. The van der Waals surface area contributed by atoms with Crippen LogP contribution in [0.15, 0.2) is 18.2 Å². The highest BCUT2D eigenvalue weighted by Gasteiger charge is 2.41. The van der Waals surface area contributed by atoms with Gasteiger partial charge in [0.05, 0.1) is 11.3 Å². The van der Waals surface area contributed by atoms with Gasteiger partial charge in [0.2, 0.25) is 0 Å². The number of nitrogens with zero attached hydrogens (tertiary/aromatic N) is 2. The summed E-state index contributed by atoms with van der Waals surface area (Å²) in [6, 6.07) is 5.75. The SMILES string of the molecule is Cc1cccc2c1NC1(CCN(C(=O)N(C)C)CC1)NC2=O. The molecule has 0 aliphatic carbocycles. The highest BCUT2D eigenvalue weighted by molar-refractivity contribution is 6.02.